The summed E-state index contributed by atoms with van der Waals surface area (Å²) in [5.74, 6) is 0.308. The van der Waals surface area contributed by atoms with Gasteiger partial charge >= 0.3 is 0 Å². The van der Waals surface area contributed by atoms with Crippen LogP contribution in [0.5, 0.6) is 5.75 Å². The van der Waals surface area contributed by atoms with Crippen molar-refractivity contribution in [1.82, 2.24) is 5.32 Å². The Morgan fingerprint density at radius 3 is 2.67 bits per heavy atom. The van der Waals surface area contributed by atoms with Gasteiger partial charge in [0.1, 0.15) is 5.75 Å². The molecule has 1 unspecified atom stereocenters. The van der Waals surface area contributed by atoms with Crippen molar-refractivity contribution >= 4 is 35.6 Å². The lowest BCUT2D eigenvalue weighted by atomic mass is 10.2. The summed E-state index contributed by atoms with van der Waals surface area (Å²) < 4.78 is 5.17. The minimum Gasteiger partial charge on any atom is -0.495 e. The Kier molecular flexibility index (Phi) is 6.45. The molecule has 7 heteroatoms. The molecule has 1 aliphatic rings. The number of nitrogens with one attached hydrogen (secondary N) is 3. The van der Waals surface area contributed by atoms with E-state index in [4.69, 9.17) is 4.74 Å². The lowest BCUT2D eigenvalue weighted by Gasteiger charge is -2.14. The first-order valence-electron chi connectivity index (χ1n) is 6.60. The Balaban J connectivity index is 0.00000220. The number of carbonyl (C=O) groups excluding carboxylic acids is 2. The molecule has 2 rings (SSSR count). The minimum absolute atomic E-state index is 0. The Bertz CT molecular complexity index is 516. The van der Waals surface area contributed by atoms with E-state index in [1.165, 1.54) is 14.0 Å². The van der Waals surface area contributed by atoms with Gasteiger partial charge in [0, 0.05) is 12.6 Å². The van der Waals surface area contributed by atoms with E-state index in [0.29, 0.717) is 17.1 Å². The third kappa shape index (κ3) is 4.61. The number of anilines is 2. The van der Waals surface area contributed by atoms with Crippen LogP contribution in [0.2, 0.25) is 0 Å². The molecule has 1 heterocycles. The fourth-order valence-corrected chi connectivity index (χ4v) is 2.21. The van der Waals surface area contributed by atoms with Crippen LogP contribution >= 0.6 is 12.4 Å². The number of hydrogen-bond donors (Lipinski definition) is 3. The lowest BCUT2D eigenvalue weighted by Crippen LogP contribution is -2.35. The van der Waals surface area contributed by atoms with Gasteiger partial charge in [0.05, 0.1) is 18.8 Å². The molecule has 3 N–H and O–H groups in total. The number of halogens is 1. The van der Waals surface area contributed by atoms with Gasteiger partial charge in [0.25, 0.3) is 0 Å². The summed E-state index contributed by atoms with van der Waals surface area (Å²) in [4.78, 5) is 23.2. The van der Waals surface area contributed by atoms with Gasteiger partial charge in [-0.3, -0.25) is 9.59 Å². The largest absolute Gasteiger partial charge is 0.495 e. The molecule has 1 atom stereocenters. The predicted molar refractivity (Wildman–Crippen MR) is 84.2 cm³/mol. The normalized spacial score (nSPS) is 16.8. The molecule has 0 radical (unpaired) electrons. The van der Waals surface area contributed by atoms with Gasteiger partial charge in [-0.05, 0) is 37.6 Å². The molecule has 1 aromatic rings. The topological polar surface area (TPSA) is 79.5 Å². The van der Waals surface area contributed by atoms with E-state index >= 15 is 0 Å². The first-order valence-corrected chi connectivity index (χ1v) is 6.60. The summed E-state index contributed by atoms with van der Waals surface area (Å²) in [6.45, 7) is 2.30. The van der Waals surface area contributed by atoms with Crippen LogP contribution in [-0.4, -0.2) is 31.5 Å². The number of benzene rings is 1. The monoisotopic (exact) mass is 313 g/mol. The molecule has 0 saturated carbocycles. The fraction of sp³-hybridized carbons (Fsp3) is 0.429. The highest BCUT2D eigenvalue weighted by molar-refractivity contribution is 5.97. The van der Waals surface area contributed by atoms with Crippen molar-refractivity contribution in [3.05, 3.63) is 18.2 Å². The van der Waals surface area contributed by atoms with Gasteiger partial charge in [-0.15, -0.1) is 12.4 Å². The zero-order chi connectivity index (χ0) is 14.5. The zero-order valence-corrected chi connectivity index (χ0v) is 12.9. The van der Waals surface area contributed by atoms with E-state index in [9.17, 15) is 9.59 Å². The predicted octanol–water partition coefficient (Wildman–Crippen LogP) is 1.77. The smallest absolute Gasteiger partial charge is 0.241 e. The molecule has 1 saturated heterocycles. The van der Waals surface area contributed by atoms with E-state index in [0.717, 1.165) is 19.4 Å². The Labute approximate surface area is 130 Å². The third-order valence-corrected chi connectivity index (χ3v) is 3.15. The molecule has 6 nitrogen and oxygen atoms in total. The SMILES string of the molecule is COc1ccc(NC(=O)C2CCCN2)cc1NC(C)=O.Cl. The maximum atomic E-state index is 12.0. The second-order valence-corrected chi connectivity index (χ2v) is 4.73. The minimum atomic E-state index is -0.191. The van der Waals surface area contributed by atoms with E-state index in [1.54, 1.807) is 18.2 Å². The van der Waals surface area contributed by atoms with Crippen molar-refractivity contribution in [3.63, 3.8) is 0 Å². The molecule has 0 aliphatic carbocycles. The van der Waals surface area contributed by atoms with Crippen LogP contribution in [0.25, 0.3) is 0 Å². The van der Waals surface area contributed by atoms with Crippen LogP contribution in [0.3, 0.4) is 0 Å². The summed E-state index contributed by atoms with van der Waals surface area (Å²) in [6.07, 6.45) is 1.86. The molecule has 116 valence electrons. The van der Waals surface area contributed by atoms with Crippen molar-refractivity contribution in [3.8, 4) is 5.75 Å². The van der Waals surface area contributed by atoms with Crippen LogP contribution in [0, 0.1) is 0 Å². The average molecular weight is 314 g/mol. The summed E-state index contributed by atoms with van der Waals surface area (Å²) in [7, 11) is 1.53. The summed E-state index contributed by atoms with van der Waals surface area (Å²) in [6, 6.07) is 5.01. The first kappa shape index (κ1) is 17.3. The highest BCUT2D eigenvalue weighted by Gasteiger charge is 2.22. The van der Waals surface area contributed by atoms with Crippen molar-refractivity contribution in [2.45, 2.75) is 25.8 Å². The summed E-state index contributed by atoms with van der Waals surface area (Å²) >= 11 is 0. The van der Waals surface area contributed by atoms with Crippen LogP contribution in [0.1, 0.15) is 19.8 Å². The Hall–Kier alpha value is -1.79. The zero-order valence-electron chi connectivity index (χ0n) is 12.1. The second-order valence-electron chi connectivity index (χ2n) is 4.73. The van der Waals surface area contributed by atoms with E-state index in [2.05, 4.69) is 16.0 Å². The number of hydrogen-bond acceptors (Lipinski definition) is 4. The Morgan fingerprint density at radius 2 is 2.10 bits per heavy atom. The fourth-order valence-electron chi connectivity index (χ4n) is 2.21. The maximum Gasteiger partial charge on any atom is 0.241 e. The van der Waals surface area contributed by atoms with E-state index < -0.39 is 0 Å². The molecule has 0 bridgehead atoms. The van der Waals surface area contributed by atoms with Gasteiger partial charge in [0.2, 0.25) is 11.8 Å². The van der Waals surface area contributed by atoms with Crippen molar-refractivity contribution in [1.29, 1.82) is 0 Å². The number of ether oxygens (including phenoxy) is 1. The van der Waals surface area contributed by atoms with Gasteiger partial charge in [-0.1, -0.05) is 0 Å². The summed E-state index contributed by atoms with van der Waals surface area (Å²) in [5, 5.41) is 8.66. The highest BCUT2D eigenvalue weighted by atomic mass is 35.5. The second kappa shape index (κ2) is 7.85. The van der Waals surface area contributed by atoms with Crippen LogP contribution in [0.15, 0.2) is 18.2 Å². The average Bonchev–Trinajstić information content (AvgIpc) is 2.92. The Morgan fingerprint density at radius 1 is 1.33 bits per heavy atom. The summed E-state index contributed by atoms with van der Waals surface area (Å²) in [5.41, 5.74) is 1.17. The van der Waals surface area contributed by atoms with Gasteiger partial charge in [-0.25, -0.2) is 0 Å². The van der Waals surface area contributed by atoms with Crippen LogP contribution in [-0.2, 0) is 9.59 Å². The molecule has 21 heavy (non-hydrogen) atoms. The van der Waals surface area contributed by atoms with Crippen molar-refractivity contribution in [2.75, 3.05) is 24.3 Å². The number of rotatable bonds is 4. The molecular weight excluding hydrogens is 294 g/mol. The van der Waals surface area contributed by atoms with Crippen LogP contribution in [0.4, 0.5) is 11.4 Å². The number of methoxy groups -OCH3 is 1. The molecular formula is C14H20ClN3O3. The quantitative estimate of drug-likeness (QED) is 0.791. The molecule has 0 spiro atoms. The van der Waals surface area contributed by atoms with Gasteiger partial charge in [0.15, 0.2) is 0 Å². The number of amides is 2. The number of carbonyl (C=O) groups is 2. The molecule has 2 amide bonds. The van der Waals surface area contributed by atoms with Crippen molar-refractivity contribution < 1.29 is 14.3 Å². The molecule has 1 aromatic carbocycles. The third-order valence-electron chi connectivity index (χ3n) is 3.15. The lowest BCUT2D eigenvalue weighted by molar-refractivity contribution is -0.117. The standard InChI is InChI=1S/C14H19N3O3.ClH/c1-9(18)16-12-8-10(5-6-13(12)20-2)17-14(19)11-4-3-7-15-11;/h5-6,8,11,15H,3-4,7H2,1-2H3,(H,16,18)(H,17,19);1H. The highest BCUT2D eigenvalue weighted by Crippen LogP contribution is 2.28. The van der Waals surface area contributed by atoms with Crippen molar-refractivity contribution in [2.24, 2.45) is 0 Å². The molecule has 1 aliphatic heterocycles. The van der Waals surface area contributed by atoms with Gasteiger partial charge in [-0.2, -0.15) is 0 Å². The van der Waals surface area contributed by atoms with E-state index in [1.807, 2.05) is 0 Å². The van der Waals surface area contributed by atoms with Crippen LogP contribution < -0.4 is 20.7 Å². The molecule has 1 fully saturated rings. The van der Waals surface area contributed by atoms with Gasteiger partial charge < -0.3 is 20.7 Å². The molecule has 0 aromatic heterocycles. The van der Waals surface area contributed by atoms with E-state index in [-0.39, 0.29) is 30.3 Å². The first-order chi connectivity index (χ1) is 9.60. The maximum absolute atomic E-state index is 12.0.